The highest BCUT2D eigenvalue weighted by Gasteiger charge is 2.30. The van der Waals surface area contributed by atoms with E-state index in [1.54, 1.807) is 18.2 Å². The molecule has 21 heavy (non-hydrogen) atoms. The summed E-state index contributed by atoms with van der Waals surface area (Å²) in [5, 5.41) is 0.305. The highest BCUT2D eigenvalue weighted by molar-refractivity contribution is 6.29. The molecule has 0 saturated carbocycles. The zero-order chi connectivity index (χ0) is 15.5. The first-order valence-corrected chi connectivity index (χ1v) is 6.25. The van der Waals surface area contributed by atoms with Gasteiger partial charge in [-0.2, -0.15) is 13.2 Å². The molecule has 0 aliphatic heterocycles. The lowest BCUT2D eigenvalue weighted by Crippen LogP contribution is -2.73. The summed E-state index contributed by atoms with van der Waals surface area (Å²) in [4.78, 5) is 10.4. The Hall–Kier alpha value is -2.15. The number of hydrogen-bond acceptors (Lipinski definition) is 3. The highest BCUT2D eigenvalue weighted by Crippen LogP contribution is 2.18. The molecule has 3 N–H and O–H groups in total. The molecule has 110 valence electrons. The quantitative estimate of drug-likeness (QED) is 0.663. The minimum atomic E-state index is -4.30. The maximum absolute atomic E-state index is 12.1. The lowest BCUT2D eigenvalue weighted by molar-refractivity contribution is -0.493. The van der Waals surface area contributed by atoms with E-state index < -0.39 is 12.7 Å². The second kappa shape index (κ2) is 6.09. The molecule has 2 aromatic rings. The van der Waals surface area contributed by atoms with Crippen LogP contribution in [0.15, 0.2) is 30.6 Å². The van der Waals surface area contributed by atoms with Crippen LogP contribution in [-0.2, 0) is 0 Å². The van der Waals surface area contributed by atoms with Crippen LogP contribution in [0.25, 0.3) is 16.6 Å². The second-order valence-electron chi connectivity index (χ2n) is 4.16. The van der Waals surface area contributed by atoms with Crippen molar-refractivity contribution in [2.45, 2.75) is 6.18 Å². The topological polar surface area (TPSA) is 65.8 Å². The Balaban J connectivity index is 2.30. The van der Waals surface area contributed by atoms with Crippen LogP contribution in [0, 0.1) is 0 Å². The molecule has 4 nitrogen and oxygen atoms in total. The van der Waals surface area contributed by atoms with Crippen LogP contribution in [0.4, 0.5) is 13.2 Å². The fraction of sp³-hybridized carbons (Fsp3) is 0.154. The van der Waals surface area contributed by atoms with Gasteiger partial charge in [0.05, 0.1) is 16.6 Å². The van der Waals surface area contributed by atoms with Gasteiger partial charge >= 0.3 is 6.18 Å². The van der Waals surface area contributed by atoms with Crippen LogP contribution in [0.2, 0.25) is 5.15 Å². The van der Waals surface area contributed by atoms with Crippen LogP contribution in [-0.4, -0.2) is 28.9 Å². The number of alkyl halides is 3. The predicted molar refractivity (Wildman–Crippen MR) is 74.7 cm³/mol. The first kappa shape index (κ1) is 15.2. The molecule has 0 fully saturated rings. The van der Waals surface area contributed by atoms with E-state index in [0.29, 0.717) is 27.3 Å². The van der Waals surface area contributed by atoms with E-state index in [1.807, 2.05) is 0 Å². The largest absolute Gasteiger partial charge is 0.448 e. The molecular weight excluding hydrogens is 305 g/mol. The minimum Gasteiger partial charge on any atom is -0.404 e. The Morgan fingerprint density at radius 2 is 2.10 bits per heavy atom. The number of pyridine rings is 2. The smallest absolute Gasteiger partial charge is 0.404 e. The van der Waals surface area contributed by atoms with E-state index in [0.717, 1.165) is 0 Å². The average Bonchev–Trinajstić information content (AvgIpc) is 2.41. The Labute approximate surface area is 123 Å². The van der Waals surface area contributed by atoms with E-state index in [1.165, 1.54) is 18.6 Å². The number of halogens is 4. The van der Waals surface area contributed by atoms with Gasteiger partial charge in [0, 0.05) is 18.0 Å². The van der Waals surface area contributed by atoms with Gasteiger partial charge in [0.1, 0.15) is 5.15 Å². The molecule has 0 aromatic carbocycles. The number of fused-ring (bicyclic) bond motifs is 1. The van der Waals surface area contributed by atoms with E-state index >= 15 is 0 Å². The van der Waals surface area contributed by atoms with Crippen LogP contribution < -0.4 is 10.7 Å². The second-order valence-corrected chi connectivity index (χ2v) is 4.55. The Morgan fingerprint density at radius 3 is 2.76 bits per heavy atom. The predicted octanol–water partition coefficient (Wildman–Crippen LogP) is 1.30. The van der Waals surface area contributed by atoms with Crippen LogP contribution >= 0.6 is 11.6 Å². The van der Waals surface area contributed by atoms with Crippen LogP contribution in [0.3, 0.4) is 0 Å². The van der Waals surface area contributed by atoms with E-state index in [9.17, 15) is 13.2 Å². The van der Waals surface area contributed by atoms with Gasteiger partial charge in [-0.1, -0.05) is 11.6 Å². The average molecular weight is 316 g/mol. The van der Waals surface area contributed by atoms with Gasteiger partial charge in [-0.3, -0.25) is 4.98 Å². The first-order chi connectivity index (χ1) is 9.89. The summed E-state index contributed by atoms with van der Waals surface area (Å²) in [7, 11) is 0. The summed E-state index contributed by atoms with van der Waals surface area (Å²) in [6, 6.07) is 4.96. The lowest BCUT2D eigenvalue weighted by Gasteiger charge is -2.02. The Morgan fingerprint density at radius 1 is 1.33 bits per heavy atom. The SMILES string of the molecule is NC=C(C=[NH+]CC(F)(F)F)c1cnc2ccc(Cl)nc2c1. The number of nitrogens with zero attached hydrogens (tertiary/aromatic N) is 2. The summed E-state index contributed by atoms with van der Waals surface area (Å²) in [5.41, 5.74) is 7.51. The number of nitrogens with two attached hydrogens (primary N) is 1. The molecule has 0 radical (unpaired) electrons. The molecule has 0 aliphatic rings. The maximum Gasteiger partial charge on any atom is 0.448 e. The van der Waals surface area contributed by atoms with Gasteiger partial charge in [-0.25, -0.2) is 9.98 Å². The third-order valence-electron chi connectivity index (χ3n) is 2.58. The zero-order valence-corrected chi connectivity index (χ0v) is 11.4. The van der Waals surface area contributed by atoms with E-state index in [2.05, 4.69) is 15.0 Å². The molecule has 0 atom stereocenters. The Bertz CT molecular complexity index is 710. The van der Waals surface area contributed by atoms with Crippen molar-refractivity contribution in [1.82, 2.24) is 9.97 Å². The number of aromatic nitrogens is 2. The lowest BCUT2D eigenvalue weighted by atomic mass is 10.1. The monoisotopic (exact) mass is 315 g/mol. The Kier molecular flexibility index (Phi) is 4.42. The van der Waals surface area contributed by atoms with Crippen molar-refractivity contribution in [3.63, 3.8) is 0 Å². The summed E-state index contributed by atoms with van der Waals surface area (Å²) >= 11 is 5.79. The maximum atomic E-state index is 12.1. The molecule has 0 unspecified atom stereocenters. The third-order valence-corrected chi connectivity index (χ3v) is 2.79. The summed E-state index contributed by atoms with van der Waals surface area (Å²) in [6.45, 7) is -1.14. The highest BCUT2D eigenvalue weighted by atomic mass is 35.5. The number of rotatable bonds is 3. The van der Waals surface area contributed by atoms with Crippen molar-refractivity contribution in [3.05, 3.63) is 41.3 Å². The van der Waals surface area contributed by atoms with Crippen molar-refractivity contribution >= 4 is 34.4 Å². The molecule has 0 amide bonds. The number of hydrogen-bond donors (Lipinski definition) is 2. The van der Waals surface area contributed by atoms with Gasteiger partial charge in [-0.05, 0) is 18.2 Å². The molecule has 2 rings (SSSR count). The van der Waals surface area contributed by atoms with Crippen molar-refractivity contribution < 1.29 is 18.2 Å². The molecule has 2 aromatic heterocycles. The van der Waals surface area contributed by atoms with E-state index in [-0.39, 0.29) is 0 Å². The fourth-order valence-corrected chi connectivity index (χ4v) is 1.80. The zero-order valence-electron chi connectivity index (χ0n) is 10.7. The summed E-state index contributed by atoms with van der Waals surface area (Å²) in [5.74, 6) is 0. The van der Waals surface area contributed by atoms with Crippen LogP contribution in [0.5, 0.6) is 0 Å². The molecule has 2 heterocycles. The summed E-state index contributed by atoms with van der Waals surface area (Å²) < 4.78 is 36.3. The van der Waals surface area contributed by atoms with Gasteiger partial charge in [0.15, 0.2) is 6.21 Å². The molecule has 0 bridgehead atoms. The van der Waals surface area contributed by atoms with Crippen molar-refractivity contribution in [3.8, 4) is 0 Å². The van der Waals surface area contributed by atoms with Gasteiger partial charge < -0.3 is 5.73 Å². The third kappa shape index (κ3) is 4.16. The standard InChI is InChI=1S/C13H10ClF3N4/c14-12-2-1-10-11(21-12)3-8(6-20-10)9(4-18)5-19-7-13(15,16)17/h1-6H,7,18H2/p+1. The molecule has 0 aliphatic carbocycles. The van der Waals surface area contributed by atoms with Gasteiger partial charge in [0.25, 0.3) is 0 Å². The molecular formula is C13H11ClF3N4+. The van der Waals surface area contributed by atoms with Gasteiger partial charge in [-0.15, -0.1) is 0 Å². The molecule has 0 spiro atoms. The van der Waals surface area contributed by atoms with Crippen LogP contribution in [0.1, 0.15) is 5.56 Å². The summed E-state index contributed by atoms with van der Waals surface area (Å²) in [6.07, 6.45) is -0.424. The number of allylic oxidation sites excluding steroid dienone is 1. The first-order valence-electron chi connectivity index (χ1n) is 5.87. The number of nitrogens with one attached hydrogen (secondary N) is 1. The van der Waals surface area contributed by atoms with Crippen molar-refractivity contribution in [2.75, 3.05) is 6.54 Å². The normalized spacial score (nSPS) is 13.2. The van der Waals surface area contributed by atoms with E-state index in [4.69, 9.17) is 17.3 Å². The molecule has 0 saturated heterocycles. The molecule has 8 heteroatoms. The fourth-order valence-electron chi connectivity index (χ4n) is 1.64. The minimum absolute atomic E-state index is 0.305. The van der Waals surface area contributed by atoms with Crippen molar-refractivity contribution in [1.29, 1.82) is 0 Å². The van der Waals surface area contributed by atoms with Crippen molar-refractivity contribution in [2.24, 2.45) is 5.73 Å². The van der Waals surface area contributed by atoms with Gasteiger partial charge in [0.2, 0.25) is 6.54 Å².